The molecule has 2 N–H and O–H groups in total. The zero-order valence-corrected chi connectivity index (χ0v) is 13.7. The van der Waals surface area contributed by atoms with Crippen molar-refractivity contribution in [2.75, 3.05) is 32.8 Å². The van der Waals surface area contributed by atoms with E-state index in [1.54, 1.807) is 0 Å². The first-order valence-electron chi connectivity index (χ1n) is 8.59. The molecule has 0 aromatic heterocycles. The maximum Gasteiger partial charge on any atom is 0.0616 e. The highest BCUT2D eigenvalue weighted by molar-refractivity contribution is 4.99. The molecular formula is C17H34N2O. The third kappa shape index (κ3) is 3.75. The van der Waals surface area contributed by atoms with Crippen LogP contribution in [0.3, 0.4) is 0 Å². The molecule has 1 saturated heterocycles. The minimum Gasteiger partial charge on any atom is -0.394 e. The summed E-state index contributed by atoms with van der Waals surface area (Å²) in [6, 6.07) is 0. The monoisotopic (exact) mass is 282 g/mol. The molecule has 2 unspecified atom stereocenters. The maximum atomic E-state index is 9.86. The number of rotatable bonds is 6. The van der Waals surface area contributed by atoms with Gasteiger partial charge in [0.1, 0.15) is 0 Å². The number of hydrogen-bond donors (Lipinski definition) is 2. The fourth-order valence-electron chi connectivity index (χ4n) is 4.49. The Morgan fingerprint density at radius 3 is 2.70 bits per heavy atom. The fourth-order valence-corrected chi connectivity index (χ4v) is 4.49. The van der Waals surface area contributed by atoms with E-state index in [0.29, 0.717) is 17.9 Å². The van der Waals surface area contributed by atoms with Gasteiger partial charge in [-0.05, 0) is 63.1 Å². The number of piperidine rings is 1. The summed E-state index contributed by atoms with van der Waals surface area (Å²) < 4.78 is 0. The van der Waals surface area contributed by atoms with E-state index >= 15 is 0 Å². The molecule has 0 spiro atoms. The van der Waals surface area contributed by atoms with Crippen molar-refractivity contribution < 1.29 is 5.11 Å². The Labute approximate surface area is 125 Å². The normalized spacial score (nSPS) is 34.5. The van der Waals surface area contributed by atoms with Gasteiger partial charge >= 0.3 is 0 Å². The summed E-state index contributed by atoms with van der Waals surface area (Å²) in [7, 11) is 0. The molecule has 2 atom stereocenters. The molecule has 2 fully saturated rings. The molecule has 0 aromatic rings. The number of nitrogens with zero attached hydrogens (tertiary/aromatic N) is 1. The number of likely N-dealkylation sites (N-methyl/N-ethyl adjacent to an activating group) is 1. The van der Waals surface area contributed by atoms with Crippen molar-refractivity contribution in [3.8, 4) is 0 Å². The van der Waals surface area contributed by atoms with Crippen molar-refractivity contribution in [2.45, 2.75) is 64.8 Å². The van der Waals surface area contributed by atoms with E-state index in [-0.39, 0.29) is 5.54 Å². The van der Waals surface area contributed by atoms with Crippen LogP contribution in [-0.4, -0.2) is 48.3 Å². The van der Waals surface area contributed by atoms with E-state index in [4.69, 9.17) is 0 Å². The maximum absolute atomic E-state index is 9.86. The summed E-state index contributed by atoms with van der Waals surface area (Å²) in [5.41, 5.74) is 0.504. The Morgan fingerprint density at radius 2 is 2.05 bits per heavy atom. The van der Waals surface area contributed by atoms with Gasteiger partial charge in [-0.3, -0.25) is 0 Å². The zero-order valence-electron chi connectivity index (χ0n) is 13.7. The molecule has 2 rings (SSSR count). The summed E-state index contributed by atoms with van der Waals surface area (Å²) in [6.07, 6.45) is 7.65. The lowest BCUT2D eigenvalue weighted by Crippen LogP contribution is -2.52. The summed E-state index contributed by atoms with van der Waals surface area (Å²) in [6.45, 7) is 11.9. The first-order chi connectivity index (χ1) is 9.51. The Kier molecular flexibility index (Phi) is 5.49. The molecular weight excluding hydrogens is 248 g/mol. The fraction of sp³-hybridized carbons (Fsp3) is 1.00. The van der Waals surface area contributed by atoms with Crippen LogP contribution >= 0.6 is 0 Å². The molecule has 0 aromatic carbocycles. The summed E-state index contributed by atoms with van der Waals surface area (Å²) in [5, 5.41) is 13.5. The van der Waals surface area contributed by atoms with Crippen molar-refractivity contribution in [2.24, 2.45) is 11.3 Å². The van der Waals surface area contributed by atoms with Gasteiger partial charge in [0.2, 0.25) is 0 Å². The van der Waals surface area contributed by atoms with E-state index in [9.17, 15) is 5.11 Å². The molecule has 0 radical (unpaired) electrons. The molecule has 3 nitrogen and oxygen atoms in total. The topological polar surface area (TPSA) is 35.5 Å². The van der Waals surface area contributed by atoms with E-state index in [1.807, 2.05) is 0 Å². The minimum absolute atomic E-state index is 0.0139. The standard InChI is InChI=1S/C17H34N2O/c1-4-18-17(14-20)10-5-7-15(17)8-12-19-11-6-9-16(2,3)13-19/h15,18,20H,4-14H2,1-3H3. The smallest absolute Gasteiger partial charge is 0.0616 e. The van der Waals surface area contributed by atoms with Gasteiger partial charge in [0.25, 0.3) is 0 Å². The lowest BCUT2D eigenvalue weighted by atomic mass is 9.82. The van der Waals surface area contributed by atoms with Crippen LogP contribution in [0.5, 0.6) is 0 Å². The highest BCUT2D eigenvalue weighted by Gasteiger charge is 2.41. The summed E-state index contributed by atoms with van der Waals surface area (Å²) >= 11 is 0. The SMILES string of the molecule is CCNC1(CO)CCCC1CCN1CCCC(C)(C)C1. The van der Waals surface area contributed by atoms with Crippen molar-refractivity contribution in [1.82, 2.24) is 10.2 Å². The van der Waals surface area contributed by atoms with Crippen LogP contribution in [0.4, 0.5) is 0 Å². The molecule has 3 heteroatoms. The van der Waals surface area contributed by atoms with Gasteiger partial charge in [-0.25, -0.2) is 0 Å². The third-order valence-electron chi connectivity index (χ3n) is 5.54. The van der Waals surface area contributed by atoms with Crippen LogP contribution in [-0.2, 0) is 0 Å². The largest absolute Gasteiger partial charge is 0.394 e. The van der Waals surface area contributed by atoms with Gasteiger partial charge in [-0.15, -0.1) is 0 Å². The van der Waals surface area contributed by atoms with Gasteiger partial charge in [0.15, 0.2) is 0 Å². The van der Waals surface area contributed by atoms with E-state index in [1.165, 1.54) is 51.7 Å². The third-order valence-corrected chi connectivity index (χ3v) is 5.54. The minimum atomic E-state index is 0.0139. The van der Waals surface area contributed by atoms with Crippen LogP contribution in [0, 0.1) is 11.3 Å². The predicted octanol–water partition coefficient (Wildman–Crippen LogP) is 2.64. The zero-order chi connectivity index (χ0) is 14.6. The molecule has 1 heterocycles. The molecule has 1 aliphatic carbocycles. The van der Waals surface area contributed by atoms with Crippen molar-refractivity contribution >= 4 is 0 Å². The lowest BCUT2D eigenvalue weighted by Gasteiger charge is -2.40. The Bertz CT molecular complexity index is 305. The predicted molar refractivity (Wildman–Crippen MR) is 84.9 cm³/mol. The molecule has 1 saturated carbocycles. The Morgan fingerprint density at radius 1 is 1.25 bits per heavy atom. The highest BCUT2D eigenvalue weighted by Crippen LogP contribution is 2.38. The van der Waals surface area contributed by atoms with Gasteiger partial charge in [-0.2, -0.15) is 0 Å². The first kappa shape index (κ1) is 16.3. The average Bonchev–Trinajstić information content (AvgIpc) is 2.79. The van der Waals surface area contributed by atoms with Gasteiger partial charge < -0.3 is 15.3 Å². The van der Waals surface area contributed by atoms with Crippen LogP contribution in [0.1, 0.15) is 59.3 Å². The van der Waals surface area contributed by atoms with Crippen LogP contribution in [0.2, 0.25) is 0 Å². The van der Waals surface area contributed by atoms with Crippen LogP contribution in [0.15, 0.2) is 0 Å². The van der Waals surface area contributed by atoms with Crippen molar-refractivity contribution in [1.29, 1.82) is 0 Å². The van der Waals surface area contributed by atoms with Gasteiger partial charge in [0, 0.05) is 12.1 Å². The lowest BCUT2D eigenvalue weighted by molar-refractivity contribution is 0.0869. The number of hydrogen-bond acceptors (Lipinski definition) is 3. The molecule has 118 valence electrons. The molecule has 0 amide bonds. The Hall–Kier alpha value is -0.120. The van der Waals surface area contributed by atoms with Crippen LogP contribution in [0.25, 0.3) is 0 Å². The van der Waals surface area contributed by atoms with Crippen LogP contribution < -0.4 is 5.32 Å². The molecule has 0 bridgehead atoms. The second-order valence-electron chi connectivity index (χ2n) is 7.77. The number of likely N-dealkylation sites (tertiary alicyclic amines) is 1. The average molecular weight is 282 g/mol. The number of aliphatic hydroxyl groups excluding tert-OH is 1. The van der Waals surface area contributed by atoms with Gasteiger partial charge in [-0.1, -0.05) is 27.2 Å². The van der Waals surface area contributed by atoms with E-state index < -0.39 is 0 Å². The number of aliphatic hydroxyl groups is 1. The first-order valence-corrected chi connectivity index (χ1v) is 8.59. The van der Waals surface area contributed by atoms with Crippen molar-refractivity contribution in [3.63, 3.8) is 0 Å². The summed E-state index contributed by atoms with van der Waals surface area (Å²) in [5.74, 6) is 0.650. The molecule has 2 aliphatic rings. The van der Waals surface area contributed by atoms with Gasteiger partial charge in [0.05, 0.1) is 6.61 Å². The molecule has 20 heavy (non-hydrogen) atoms. The summed E-state index contributed by atoms with van der Waals surface area (Å²) in [4.78, 5) is 2.65. The second kappa shape index (κ2) is 6.76. The van der Waals surface area contributed by atoms with E-state index in [2.05, 4.69) is 31.0 Å². The second-order valence-corrected chi connectivity index (χ2v) is 7.77. The Balaban J connectivity index is 1.86. The van der Waals surface area contributed by atoms with Crippen molar-refractivity contribution in [3.05, 3.63) is 0 Å². The molecule has 1 aliphatic heterocycles. The van der Waals surface area contributed by atoms with E-state index in [0.717, 1.165) is 13.0 Å². The quantitative estimate of drug-likeness (QED) is 0.786. The number of nitrogens with one attached hydrogen (secondary N) is 1. The highest BCUT2D eigenvalue weighted by atomic mass is 16.3.